The molecule has 0 aliphatic carbocycles. The molecular formula is C97H115ClFN35O14. The number of rotatable bonds is 33. The summed E-state index contributed by atoms with van der Waals surface area (Å²) >= 11 is 5.91. The van der Waals surface area contributed by atoms with Crippen LogP contribution in [0.2, 0.25) is 5.15 Å². The molecule has 11 aromatic heterocycles. The van der Waals surface area contributed by atoms with Crippen molar-refractivity contribution in [2.75, 3.05) is 147 Å². The molecule has 18 rings (SSSR count). The number of benzene rings is 3. The number of methoxy groups -OCH3 is 3. The fourth-order valence-electron chi connectivity index (χ4n) is 14.9. The second-order valence-electron chi connectivity index (χ2n) is 34.1. The highest BCUT2D eigenvalue weighted by Crippen LogP contribution is 2.42. The normalized spacial score (nSPS) is 14.3. The van der Waals surface area contributed by atoms with Crippen molar-refractivity contribution in [1.29, 1.82) is 0 Å². The Labute approximate surface area is 868 Å². The molecule has 0 spiro atoms. The summed E-state index contributed by atoms with van der Waals surface area (Å²) in [6.07, 6.45) is 14.3. The number of carbonyl (C=O) groups is 3. The number of nitrogens with zero attached hydrogens (tertiary/aromatic N) is 26. The molecule has 4 fully saturated rings. The summed E-state index contributed by atoms with van der Waals surface area (Å²) in [5.74, 6) is 0.811. The van der Waals surface area contributed by atoms with Crippen molar-refractivity contribution < 1.29 is 74.1 Å². The average molecular weight is 2060 g/mol. The Bertz CT molecular complexity index is 6960. The third-order valence-corrected chi connectivity index (χ3v) is 21.8. The van der Waals surface area contributed by atoms with Crippen LogP contribution in [0.3, 0.4) is 0 Å². The Morgan fingerprint density at radius 1 is 0.399 bits per heavy atom. The maximum atomic E-state index is 12.9. The lowest BCUT2D eigenvalue weighted by atomic mass is 10.1. The van der Waals surface area contributed by atoms with Crippen molar-refractivity contribution in [2.45, 2.75) is 104 Å². The highest BCUT2D eigenvalue weighted by atomic mass is 35.5. The number of amides is 3. The van der Waals surface area contributed by atoms with Crippen molar-refractivity contribution in [3.05, 3.63) is 232 Å². The largest absolute Gasteiger partial charge is 0.494 e. The fraction of sp³-hybridized carbons (Fsp3) is 0.340. The number of halogens is 2. The molecule has 15 heterocycles. The Morgan fingerprint density at radius 2 is 0.716 bits per heavy atom. The van der Waals surface area contributed by atoms with Crippen LogP contribution in [0.4, 0.5) is 102 Å². The second-order valence-corrected chi connectivity index (χ2v) is 34.5. The third-order valence-electron chi connectivity index (χ3n) is 21.6. The van der Waals surface area contributed by atoms with E-state index in [0.29, 0.717) is 98.1 Å². The van der Waals surface area contributed by atoms with E-state index in [9.17, 15) is 39.0 Å². The van der Waals surface area contributed by atoms with Gasteiger partial charge in [0, 0.05) is 137 Å². The number of nitro groups is 2. The summed E-state index contributed by atoms with van der Waals surface area (Å²) < 4.78 is 123. The first kappa shape index (κ1) is 95.6. The van der Waals surface area contributed by atoms with Gasteiger partial charge in [-0.1, -0.05) is 29.8 Å². The van der Waals surface area contributed by atoms with Crippen LogP contribution in [-0.2, 0) is 40.1 Å². The molecular weight excluding hydrogens is 1930 g/mol. The number of para-hydroxylation sites is 3. The summed E-state index contributed by atoms with van der Waals surface area (Å²) in [6, 6.07) is 36.7. The van der Waals surface area contributed by atoms with Crippen LogP contribution in [0.1, 0.15) is 99.2 Å². The van der Waals surface area contributed by atoms with Crippen LogP contribution in [0, 0.1) is 26.0 Å². The molecule has 0 bridgehead atoms. The molecule has 4 saturated heterocycles. The number of ether oxygens (including phenoxy) is 7. The summed E-state index contributed by atoms with van der Waals surface area (Å²) in [5, 5.41) is 78.2. The van der Waals surface area contributed by atoms with E-state index >= 15 is 0 Å². The van der Waals surface area contributed by atoms with Gasteiger partial charge in [0.1, 0.15) is 36.4 Å². The number of hydrogen-bond donors (Lipinski definition) is 9. The topological polar surface area (TPSA) is 571 Å². The highest BCUT2D eigenvalue weighted by Gasteiger charge is 2.34. The molecule has 0 saturated carbocycles. The zero-order chi connectivity index (χ0) is 113. The first-order chi connectivity index (χ1) is 74.5. The molecule has 4 aliphatic heterocycles. The van der Waals surface area contributed by atoms with Crippen molar-refractivity contribution in [2.24, 2.45) is 21.1 Å². The Balaban J connectivity index is 0.000000166. The fourth-order valence-corrected chi connectivity index (χ4v) is 15.1. The van der Waals surface area contributed by atoms with E-state index < -0.39 is 54.3 Å². The first-order valence-electron chi connectivity index (χ1n) is 50.4. The minimum Gasteiger partial charge on any atom is -0.494 e. The summed E-state index contributed by atoms with van der Waals surface area (Å²) in [7, 11) is 9.73. The predicted octanol–water partition coefficient (Wildman–Crippen LogP) is 12.3. The number of anilines is 15. The van der Waals surface area contributed by atoms with Crippen LogP contribution in [0.25, 0.3) is 34.2 Å². The van der Waals surface area contributed by atoms with Crippen molar-refractivity contribution in [3.63, 3.8) is 0 Å². The molecule has 14 aromatic rings. The quantitative estimate of drug-likeness (QED) is 0.0136. The van der Waals surface area contributed by atoms with Crippen molar-refractivity contribution in [1.82, 2.24) is 116 Å². The molecule has 10 N–H and O–H groups in total. The molecule has 51 heteroatoms. The molecule has 0 atom stereocenters. The Kier molecular flexibility index (Phi) is 32.8. The standard InChI is InChI=1S/2C27H32N10O3.C16H16ClN7O2.C11H15N3O3.C11H17N3O.C5H3FN2O2/c2*1-16(2)40-18-13-37(14-18)17-9-10-22(29-12-17)32-23-11-21(24(34-33-23)27(38)28-3)31-20-8-6-7-19(25(20)39-5)26-30-15-36(4)35-26;1-18-16(25)13-11(7-12(17)21-22-13)20-10-6-4-5-9(14(10)26-3)15-19-8-24(2)23-15;1-8(2)17-10-6-13(7-10)9-3-4-11(12-5-9)14(15)16;1-8(2)15-10-6-14(7-10)9-3-4-11(12)13-5-9;6-4-1-2-5(7-3-4)8(9)10/h2*6-12,15-16,18H,13-14H2,1-5H3,(H,28,38)(H2,29,31,32,33);4-8H,1-3H3,(H,18,25)(H,20,21);3-5,8,10H,6-7H2,1-2H3;3-5,8,10H,6-7H2,1-2H3,(H2,12,13);1-3H/i2*3D3;1D3;;;. The lowest BCUT2D eigenvalue weighted by Crippen LogP contribution is -2.53. The van der Waals surface area contributed by atoms with Crippen LogP contribution >= 0.6 is 11.6 Å². The van der Waals surface area contributed by atoms with Gasteiger partial charge in [0.2, 0.25) is 0 Å². The van der Waals surface area contributed by atoms with Gasteiger partial charge in [0.15, 0.2) is 86.8 Å². The molecule has 776 valence electrons. The van der Waals surface area contributed by atoms with E-state index in [1.165, 1.54) is 51.8 Å². The Hall–Kier alpha value is -17.3. The molecule has 49 nitrogen and oxygen atoms in total. The van der Waals surface area contributed by atoms with Gasteiger partial charge < -0.3 is 121 Å². The lowest BCUT2D eigenvalue weighted by molar-refractivity contribution is -0.389. The minimum absolute atomic E-state index is 0.0134. The van der Waals surface area contributed by atoms with E-state index in [4.69, 9.17) is 62.8 Å². The maximum absolute atomic E-state index is 12.9. The zero-order valence-electron chi connectivity index (χ0n) is 91.8. The van der Waals surface area contributed by atoms with Crippen LogP contribution in [0.15, 0.2) is 183 Å². The van der Waals surface area contributed by atoms with Crippen molar-refractivity contribution in [3.8, 4) is 51.4 Å². The van der Waals surface area contributed by atoms with E-state index in [1.807, 2.05) is 93.9 Å². The van der Waals surface area contributed by atoms with Crippen molar-refractivity contribution >= 4 is 127 Å². The zero-order valence-corrected chi connectivity index (χ0v) is 83.5. The summed E-state index contributed by atoms with van der Waals surface area (Å²) in [6.45, 7) is 14.8. The molecule has 3 amide bonds. The van der Waals surface area contributed by atoms with Crippen LogP contribution in [0.5, 0.6) is 17.2 Å². The molecule has 148 heavy (non-hydrogen) atoms. The van der Waals surface area contributed by atoms with E-state index in [0.717, 1.165) is 93.4 Å². The lowest BCUT2D eigenvalue weighted by Gasteiger charge is -2.41. The van der Waals surface area contributed by atoms with Gasteiger partial charge in [-0.15, -0.1) is 30.6 Å². The minimum atomic E-state index is -2.72. The Morgan fingerprint density at radius 3 is 0.993 bits per heavy atom. The number of aromatic nitrogens is 20. The SMILES string of the molecule is CC(C)OC1CN(c2ccc(N)nc2)C1.CC(C)OC1CN(c2ccc([N+](=O)[O-])nc2)C1.O=[N+]([O-])c1ccc(F)cn1.[2H]C([2H])([2H])NC(=O)c1nnc(Cl)cc1Nc1cccc(-c2ncn(C)n2)c1OC.[2H]C([2H])([2H])NC(=O)c1nnc(Nc2ccc(N3CC(OC(C)C)C3)cn2)cc1Nc1cccc(-c2ncn(C)n2)c1OC.[2H]C([2H])([2H])NC(=O)c1nnc(Nc2ccc(N3CC(OC(C)C)C3)cn2)cc1Nc1cccc(-c2ncn(C)n2)c1OC. The smallest absolute Gasteiger partial charge is 0.363 e. The number of hydrogen-bond acceptors (Lipinski definition) is 41. The molecule has 4 aliphatic rings. The number of aryl methyl sites for hydroxylation is 3. The van der Waals surface area contributed by atoms with E-state index in [1.54, 1.807) is 133 Å². The number of pyridine rings is 5. The predicted molar refractivity (Wildman–Crippen MR) is 554 cm³/mol. The number of carbonyl (C=O) groups excluding carboxylic acids is 3. The van der Waals surface area contributed by atoms with Gasteiger partial charge in [-0.05, 0) is 160 Å². The van der Waals surface area contributed by atoms with Gasteiger partial charge in [0.05, 0.1) is 162 Å². The van der Waals surface area contributed by atoms with E-state index in [-0.39, 0.29) is 99.2 Å². The van der Waals surface area contributed by atoms with Gasteiger partial charge in [-0.3, -0.25) is 28.4 Å². The molecule has 0 unspecified atom stereocenters. The van der Waals surface area contributed by atoms with Crippen LogP contribution < -0.4 is 82.1 Å². The summed E-state index contributed by atoms with van der Waals surface area (Å²) in [5.41, 5.74) is 12.5. The van der Waals surface area contributed by atoms with E-state index in [2.05, 4.69) is 146 Å². The van der Waals surface area contributed by atoms with Crippen LogP contribution in [-0.4, -0.2) is 271 Å². The average Bonchev–Trinajstić information content (AvgIpc) is 1.06. The highest BCUT2D eigenvalue weighted by molar-refractivity contribution is 6.29. The van der Waals surface area contributed by atoms with Gasteiger partial charge in [-0.25, -0.2) is 34.3 Å². The summed E-state index contributed by atoms with van der Waals surface area (Å²) in [4.78, 5) is 98.8. The number of nitrogens with one attached hydrogen (secondary N) is 8. The third kappa shape index (κ3) is 29.1. The second kappa shape index (κ2) is 50.8. The monoisotopic (exact) mass is 2060 g/mol. The maximum Gasteiger partial charge on any atom is 0.363 e. The van der Waals surface area contributed by atoms with Gasteiger partial charge in [0.25, 0.3) is 17.7 Å². The first-order valence-corrected chi connectivity index (χ1v) is 46.3. The number of nitrogens with two attached hydrogens (primary N) is 1. The van der Waals surface area contributed by atoms with Gasteiger partial charge >= 0.3 is 11.6 Å². The molecule has 0 radical (unpaired) electrons. The number of nitrogen functional groups attached to an aromatic ring is 1. The van der Waals surface area contributed by atoms with Gasteiger partial charge in [-0.2, -0.15) is 15.3 Å². The molecule has 3 aromatic carbocycles.